The Kier molecular flexibility index (Phi) is 8.20. The van der Waals surface area contributed by atoms with Crippen molar-refractivity contribution in [3.63, 3.8) is 0 Å². The van der Waals surface area contributed by atoms with Gasteiger partial charge in [0.2, 0.25) is 0 Å². The van der Waals surface area contributed by atoms with Gasteiger partial charge in [-0.1, -0.05) is 11.6 Å². The van der Waals surface area contributed by atoms with E-state index in [9.17, 15) is 0 Å². The number of ether oxygens (including phenoxy) is 4. The lowest BCUT2D eigenvalue weighted by Gasteiger charge is -2.26. The van der Waals surface area contributed by atoms with Gasteiger partial charge >= 0.3 is 0 Å². The van der Waals surface area contributed by atoms with Gasteiger partial charge in [0.15, 0.2) is 11.5 Å². The molecule has 10 heteroatoms. The maximum absolute atomic E-state index is 6.30. The number of anilines is 3. The third kappa shape index (κ3) is 5.60. The van der Waals surface area contributed by atoms with Gasteiger partial charge in [-0.25, -0.2) is 0 Å². The summed E-state index contributed by atoms with van der Waals surface area (Å²) in [4.78, 5) is 6.90. The summed E-state index contributed by atoms with van der Waals surface area (Å²) in [5.41, 5.74) is 8.98. The van der Waals surface area contributed by atoms with Crippen molar-refractivity contribution in [2.24, 2.45) is 0 Å². The second kappa shape index (κ2) is 11.3. The number of fused-ring (bicyclic) bond motifs is 1. The maximum Gasteiger partial charge on any atom is 0.163 e. The zero-order valence-electron chi connectivity index (χ0n) is 19.2. The molecule has 1 aliphatic heterocycles. The molecule has 0 bridgehead atoms. The second-order valence-corrected chi connectivity index (χ2v) is 9.12. The first-order valence-electron chi connectivity index (χ1n) is 11.0. The quantitative estimate of drug-likeness (QED) is 0.355. The van der Waals surface area contributed by atoms with E-state index in [4.69, 9.17) is 36.3 Å². The molecule has 1 aromatic heterocycles. The van der Waals surface area contributed by atoms with Crippen molar-refractivity contribution in [3.8, 4) is 17.2 Å². The number of morpholine rings is 1. The van der Waals surface area contributed by atoms with Crippen molar-refractivity contribution < 1.29 is 18.9 Å². The maximum atomic E-state index is 6.30. The Morgan fingerprint density at radius 1 is 1.12 bits per heavy atom. The number of halogens is 2. The first-order valence-corrected chi connectivity index (χ1v) is 12.2. The van der Waals surface area contributed by atoms with Crippen LogP contribution >= 0.6 is 27.5 Å². The van der Waals surface area contributed by atoms with Crippen LogP contribution in [-0.4, -0.2) is 63.6 Å². The number of nitrogens with zero attached hydrogens (tertiary/aromatic N) is 2. The fourth-order valence-corrected chi connectivity index (χ4v) is 4.65. The Morgan fingerprint density at radius 2 is 1.88 bits per heavy atom. The van der Waals surface area contributed by atoms with Crippen molar-refractivity contribution in [1.29, 1.82) is 0 Å². The van der Waals surface area contributed by atoms with Gasteiger partial charge in [-0.3, -0.25) is 9.88 Å². The van der Waals surface area contributed by atoms with Crippen LogP contribution in [0.25, 0.3) is 10.9 Å². The molecule has 0 saturated carbocycles. The average molecular weight is 552 g/mol. The summed E-state index contributed by atoms with van der Waals surface area (Å²) in [6.07, 6.45) is 2.54. The summed E-state index contributed by atoms with van der Waals surface area (Å²) < 4.78 is 23.2. The molecule has 34 heavy (non-hydrogen) atoms. The molecule has 1 saturated heterocycles. The molecule has 3 N–H and O–H groups in total. The van der Waals surface area contributed by atoms with Crippen LogP contribution < -0.4 is 25.3 Å². The molecule has 0 amide bonds. The zero-order chi connectivity index (χ0) is 24.1. The Balaban J connectivity index is 1.56. The number of nitrogen functional groups attached to an aromatic ring is 1. The van der Waals surface area contributed by atoms with Gasteiger partial charge in [-0.05, 0) is 34.5 Å². The second-order valence-electron chi connectivity index (χ2n) is 7.86. The van der Waals surface area contributed by atoms with Crippen LogP contribution in [0.3, 0.4) is 0 Å². The van der Waals surface area contributed by atoms with Gasteiger partial charge in [0.05, 0.1) is 67.8 Å². The number of benzene rings is 2. The van der Waals surface area contributed by atoms with E-state index in [2.05, 4.69) is 31.1 Å². The van der Waals surface area contributed by atoms with Crippen LogP contribution in [0.1, 0.15) is 6.42 Å². The van der Waals surface area contributed by atoms with Gasteiger partial charge < -0.3 is 30.0 Å². The first-order chi connectivity index (χ1) is 16.5. The first kappa shape index (κ1) is 24.7. The number of nitrogens with two attached hydrogens (primary N) is 1. The van der Waals surface area contributed by atoms with E-state index in [1.165, 1.54) is 0 Å². The molecule has 0 atom stereocenters. The summed E-state index contributed by atoms with van der Waals surface area (Å²) in [7, 11) is 3.19. The molecular weight excluding hydrogens is 524 g/mol. The van der Waals surface area contributed by atoms with Crippen LogP contribution in [0.15, 0.2) is 34.9 Å². The van der Waals surface area contributed by atoms with Crippen LogP contribution in [-0.2, 0) is 4.74 Å². The van der Waals surface area contributed by atoms with Gasteiger partial charge in [-0.15, -0.1) is 0 Å². The van der Waals surface area contributed by atoms with Crippen molar-refractivity contribution >= 4 is 55.5 Å². The Bertz CT molecular complexity index is 1160. The van der Waals surface area contributed by atoms with E-state index in [0.29, 0.717) is 40.3 Å². The van der Waals surface area contributed by atoms with E-state index in [-0.39, 0.29) is 0 Å². The molecular formula is C24H28BrClN4O4. The van der Waals surface area contributed by atoms with E-state index in [1.54, 1.807) is 32.5 Å². The van der Waals surface area contributed by atoms with E-state index < -0.39 is 0 Å². The van der Waals surface area contributed by atoms with Crippen LogP contribution in [0, 0.1) is 0 Å². The number of pyridine rings is 1. The largest absolute Gasteiger partial charge is 0.495 e. The summed E-state index contributed by atoms with van der Waals surface area (Å²) >= 11 is 9.77. The topological polar surface area (TPSA) is 91.1 Å². The van der Waals surface area contributed by atoms with Gasteiger partial charge in [-0.2, -0.15) is 0 Å². The third-order valence-electron chi connectivity index (χ3n) is 5.66. The molecule has 4 rings (SSSR count). The highest BCUT2D eigenvalue weighted by molar-refractivity contribution is 9.10. The molecule has 2 aromatic carbocycles. The van der Waals surface area contributed by atoms with Crippen molar-refractivity contribution in [3.05, 3.63) is 40.0 Å². The smallest absolute Gasteiger partial charge is 0.163 e. The molecule has 8 nitrogen and oxygen atoms in total. The Hall–Kier alpha value is -2.46. The van der Waals surface area contributed by atoms with Crippen molar-refractivity contribution in [2.75, 3.05) is 64.7 Å². The van der Waals surface area contributed by atoms with E-state index in [0.717, 1.165) is 60.3 Å². The molecule has 2 heterocycles. The highest BCUT2D eigenvalue weighted by atomic mass is 79.9. The third-order valence-corrected chi connectivity index (χ3v) is 6.62. The molecule has 182 valence electrons. The monoisotopic (exact) mass is 550 g/mol. The zero-order valence-corrected chi connectivity index (χ0v) is 21.5. The fraction of sp³-hybridized carbons (Fsp3) is 0.375. The number of hydrogen-bond donors (Lipinski definition) is 2. The highest BCUT2D eigenvalue weighted by Gasteiger charge is 2.16. The minimum Gasteiger partial charge on any atom is -0.495 e. The van der Waals surface area contributed by atoms with Crippen molar-refractivity contribution in [1.82, 2.24) is 9.88 Å². The number of nitrogens with one attached hydrogen (secondary N) is 1. The Labute approximate surface area is 212 Å². The number of methoxy groups -OCH3 is 2. The molecule has 3 aromatic rings. The SMILES string of the molecule is COc1cc(Nc2c(N)cnc3cc(OCCCN4CCOCC4)c(OC)cc23)c(Br)cc1Cl. The lowest BCUT2D eigenvalue weighted by molar-refractivity contribution is 0.0357. The van der Waals surface area contributed by atoms with Gasteiger partial charge in [0.1, 0.15) is 5.75 Å². The normalized spacial score (nSPS) is 14.2. The van der Waals surface area contributed by atoms with Gasteiger partial charge in [0, 0.05) is 41.6 Å². The molecule has 0 spiro atoms. The molecule has 0 unspecified atom stereocenters. The fourth-order valence-electron chi connectivity index (χ4n) is 3.84. The predicted octanol–water partition coefficient (Wildman–Crippen LogP) is 5.09. The van der Waals surface area contributed by atoms with Crippen LogP contribution in [0.4, 0.5) is 17.1 Å². The average Bonchev–Trinajstić information content (AvgIpc) is 2.85. The standard InChI is InChI=1S/C24H28BrClN4O4/c1-31-21-13-20(16(25)11-17(21)26)29-24-15-10-22(32-2)23(12-19(15)28-14-18(24)27)34-7-3-4-30-5-8-33-9-6-30/h10-14H,3-9,27H2,1-2H3,(H,28,29). The van der Waals surface area contributed by atoms with E-state index in [1.807, 2.05) is 12.1 Å². The number of hydrogen-bond acceptors (Lipinski definition) is 8. The lowest BCUT2D eigenvalue weighted by atomic mass is 10.1. The number of rotatable bonds is 9. The summed E-state index contributed by atoms with van der Waals surface area (Å²) in [5, 5.41) is 4.69. The Morgan fingerprint density at radius 3 is 2.62 bits per heavy atom. The van der Waals surface area contributed by atoms with Crippen LogP contribution in [0.2, 0.25) is 5.02 Å². The van der Waals surface area contributed by atoms with Crippen LogP contribution in [0.5, 0.6) is 17.2 Å². The minimum atomic E-state index is 0.495. The minimum absolute atomic E-state index is 0.495. The molecule has 0 aliphatic carbocycles. The van der Waals surface area contributed by atoms with Gasteiger partial charge in [0.25, 0.3) is 0 Å². The number of aromatic nitrogens is 1. The van der Waals surface area contributed by atoms with Crippen molar-refractivity contribution in [2.45, 2.75) is 6.42 Å². The molecule has 1 aliphatic rings. The lowest BCUT2D eigenvalue weighted by Crippen LogP contribution is -2.37. The highest BCUT2D eigenvalue weighted by Crippen LogP contribution is 2.41. The summed E-state index contributed by atoms with van der Waals surface area (Å²) in [6.45, 7) is 5.08. The molecule has 1 fully saturated rings. The summed E-state index contributed by atoms with van der Waals surface area (Å²) in [6, 6.07) is 7.34. The van der Waals surface area contributed by atoms with E-state index >= 15 is 0 Å². The molecule has 0 radical (unpaired) electrons. The predicted molar refractivity (Wildman–Crippen MR) is 139 cm³/mol. The summed E-state index contributed by atoms with van der Waals surface area (Å²) in [5.74, 6) is 1.81.